The van der Waals surface area contributed by atoms with Gasteiger partial charge in [-0.2, -0.15) is 0 Å². The van der Waals surface area contributed by atoms with Crippen molar-refractivity contribution < 1.29 is 8.42 Å². The molecule has 0 amide bonds. The third-order valence-electron chi connectivity index (χ3n) is 4.92. The second-order valence-electron chi connectivity index (χ2n) is 6.85. The first kappa shape index (κ1) is 15.8. The van der Waals surface area contributed by atoms with Gasteiger partial charge in [0.05, 0.1) is 11.5 Å². The Morgan fingerprint density at radius 1 is 1.14 bits per heavy atom. The van der Waals surface area contributed by atoms with Gasteiger partial charge in [-0.25, -0.2) is 8.42 Å². The molecule has 1 unspecified atom stereocenters. The largest absolute Gasteiger partial charge is 0.369 e. The Morgan fingerprint density at radius 3 is 2.50 bits per heavy atom. The Morgan fingerprint density at radius 2 is 1.86 bits per heavy atom. The van der Waals surface area contributed by atoms with Crippen molar-refractivity contribution in [2.75, 3.05) is 49.1 Å². The number of aryl methyl sites for hydroxylation is 2. The van der Waals surface area contributed by atoms with Gasteiger partial charge in [-0.15, -0.1) is 0 Å². The van der Waals surface area contributed by atoms with Crippen molar-refractivity contribution in [2.24, 2.45) is 5.92 Å². The number of piperazine rings is 1. The predicted octanol–water partition coefficient (Wildman–Crippen LogP) is 1.86. The summed E-state index contributed by atoms with van der Waals surface area (Å²) in [7, 11) is -2.75. The summed E-state index contributed by atoms with van der Waals surface area (Å²) in [4.78, 5) is 4.90. The molecule has 2 fully saturated rings. The van der Waals surface area contributed by atoms with Crippen molar-refractivity contribution in [3.63, 3.8) is 0 Å². The lowest BCUT2D eigenvalue weighted by Crippen LogP contribution is -2.48. The Kier molecular flexibility index (Phi) is 4.46. The molecule has 2 saturated heterocycles. The van der Waals surface area contributed by atoms with Crippen LogP contribution in [0.15, 0.2) is 18.2 Å². The van der Waals surface area contributed by atoms with Crippen LogP contribution >= 0.6 is 0 Å². The summed E-state index contributed by atoms with van der Waals surface area (Å²) in [5.74, 6) is 1.13. The molecule has 0 spiro atoms. The van der Waals surface area contributed by atoms with Crippen LogP contribution in [0.3, 0.4) is 0 Å². The number of nitrogens with zero attached hydrogens (tertiary/aromatic N) is 2. The second kappa shape index (κ2) is 6.20. The molecule has 1 atom stereocenters. The fourth-order valence-corrected chi connectivity index (χ4v) is 5.46. The lowest BCUT2D eigenvalue weighted by molar-refractivity contribution is 0.227. The molecular formula is C17H26N2O2S. The minimum Gasteiger partial charge on any atom is -0.369 e. The minimum absolute atomic E-state index is 0.345. The van der Waals surface area contributed by atoms with E-state index in [9.17, 15) is 8.42 Å². The number of sulfone groups is 1. The average Bonchev–Trinajstić information content (AvgIpc) is 2.81. The highest BCUT2D eigenvalue weighted by molar-refractivity contribution is 7.91. The van der Waals surface area contributed by atoms with E-state index < -0.39 is 9.84 Å². The topological polar surface area (TPSA) is 40.6 Å². The molecule has 22 heavy (non-hydrogen) atoms. The third-order valence-corrected chi connectivity index (χ3v) is 6.76. The smallest absolute Gasteiger partial charge is 0.150 e. The summed E-state index contributed by atoms with van der Waals surface area (Å²) in [6, 6.07) is 6.63. The Bertz CT molecular complexity index is 634. The van der Waals surface area contributed by atoms with Crippen LogP contribution in [0.4, 0.5) is 5.69 Å². The summed E-state index contributed by atoms with van der Waals surface area (Å²) in [5.41, 5.74) is 3.99. The lowest BCUT2D eigenvalue weighted by atomic mass is 10.1. The molecule has 0 radical (unpaired) electrons. The van der Waals surface area contributed by atoms with E-state index in [4.69, 9.17) is 0 Å². The second-order valence-corrected chi connectivity index (χ2v) is 9.08. The molecule has 0 bridgehead atoms. The summed E-state index contributed by atoms with van der Waals surface area (Å²) in [6.07, 6.45) is 0.847. The standard InChI is InChI=1S/C17H26N2O2S/c1-14-3-4-15(2)17(11-14)19-8-6-18(7-9-19)12-16-5-10-22(20,21)13-16/h3-4,11,16H,5-10,12-13H2,1-2H3. The molecule has 2 aliphatic heterocycles. The predicted molar refractivity (Wildman–Crippen MR) is 91.3 cm³/mol. The monoisotopic (exact) mass is 322 g/mol. The summed E-state index contributed by atoms with van der Waals surface area (Å²) in [5, 5.41) is 0. The fraction of sp³-hybridized carbons (Fsp3) is 0.647. The highest BCUT2D eigenvalue weighted by atomic mass is 32.2. The van der Waals surface area contributed by atoms with Crippen LogP contribution in [0.1, 0.15) is 17.5 Å². The molecule has 3 rings (SSSR count). The van der Waals surface area contributed by atoms with Gasteiger partial charge >= 0.3 is 0 Å². The number of rotatable bonds is 3. The maximum Gasteiger partial charge on any atom is 0.150 e. The van der Waals surface area contributed by atoms with Crippen molar-refractivity contribution in [3.05, 3.63) is 29.3 Å². The van der Waals surface area contributed by atoms with Crippen LogP contribution in [-0.2, 0) is 9.84 Å². The lowest BCUT2D eigenvalue weighted by Gasteiger charge is -2.37. The molecule has 5 heteroatoms. The first-order valence-electron chi connectivity index (χ1n) is 8.18. The van der Waals surface area contributed by atoms with Crippen LogP contribution in [0.2, 0.25) is 0 Å². The average molecular weight is 322 g/mol. The highest BCUT2D eigenvalue weighted by Crippen LogP contribution is 2.24. The van der Waals surface area contributed by atoms with E-state index in [0.29, 0.717) is 17.4 Å². The van der Waals surface area contributed by atoms with Crippen molar-refractivity contribution in [2.45, 2.75) is 20.3 Å². The number of hydrogen-bond donors (Lipinski definition) is 0. The SMILES string of the molecule is Cc1ccc(C)c(N2CCN(CC3CCS(=O)(=O)C3)CC2)c1. The van der Waals surface area contributed by atoms with E-state index in [1.165, 1.54) is 16.8 Å². The van der Waals surface area contributed by atoms with E-state index in [0.717, 1.165) is 39.1 Å². The first-order chi connectivity index (χ1) is 10.4. The van der Waals surface area contributed by atoms with E-state index >= 15 is 0 Å². The molecule has 0 aliphatic carbocycles. The Labute approximate surface area is 134 Å². The van der Waals surface area contributed by atoms with Gasteiger partial charge in [0.1, 0.15) is 0 Å². The first-order valence-corrected chi connectivity index (χ1v) is 10.00. The maximum absolute atomic E-state index is 11.6. The quantitative estimate of drug-likeness (QED) is 0.852. The van der Waals surface area contributed by atoms with Crippen molar-refractivity contribution in [1.82, 2.24) is 4.90 Å². The van der Waals surface area contributed by atoms with Crippen molar-refractivity contribution in [1.29, 1.82) is 0 Å². The molecule has 0 aromatic heterocycles. The van der Waals surface area contributed by atoms with Gasteiger partial charge in [-0.05, 0) is 43.4 Å². The molecular weight excluding hydrogens is 296 g/mol. The van der Waals surface area contributed by atoms with Gasteiger partial charge in [0.15, 0.2) is 9.84 Å². The van der Waals surface area contributed by atoms with Gasteiger partial charge < -0.3 is 4.90 Å². The Hall–Kier alpha value is -1.07. The third kappa shape index (κ3) is 3.63. The summed E-state index contributed by atoms with van der Waals surface area (Å²) < 4.78 is 23.1. The molecule has 1 aromatic rings. The molecule has 122 valence electrons. The maximum atomic E-state index is 11.6. The zero-order valence-corrected chi connectivity index (χ0v) is 14.4. The van der Waals surface area contributed by atoms with Crippen LogP contribution in [-0.4, -0.2) is 57.5 Å². The van der Waals surface area contributed by atoms with Crippen LogP contribution < -0.4 is 4.90 Å². The van der Waals surface area contributed by atoms with Crippen LogP contribution in [0.5, 0.6) is 0 Å². The van der Waals surface area contributed by atoms with Crippen molar-refractivity contribution in [3.8, 4) is 0 Å². The zero-order chi connectivity index (χ0) is 15.7. The van der Waals surface area contributed by atoms with Gasteiger partial charge in [-0.1, -0.05) is 12.1 Å². The molecule has 2 heterocycles. The highest BCUT2D eigenvalue weighted by Gasteiger charge is 2.30. The molecule has 2 aliphatic rings. The Balaban J connectivity index is 1.55. The summed E-state index contributed by atoms with van der Waals surface area (Å²) in [6.45, 7) is 9.38. The van der Waals surface area contributed by atoms with Crippen LogP contribution in [0.25, 0.3) is 0 Å². The van der Waals surface area contributed by atoms with E-state index in [1.807, 2.05) is 0 Å². The van der Waals surface area contributed by atoms with Gasteiger partial charge in [0.25, 0.3) is 0 Å². The van der Waals surface area contributed by atoms with E-state index in [-0.39, 0.29) is 0 Å². The minimum atomic E-state index is -2.75. The zero-order valence-electron chi connectivity index (χ0n) is 13.6. The molecule has 0 saturated carbocycles. The molecule has 1 aromatic carbocycles. The molecule has 4 nitrogen and oxygen atoms in total. The van der Waals surface area contributed by atoms with Gasteiger partial charge in [-0.3, -0.25) is 4.90 Å². The van der Waals surface area contributed by atoms with Crippen LogP contribution in [0, 0.1) is 19.8 Å². The van der Waals surface area contributed by atoms with E-state index in [2.05, 4.69) is 41.8 Å². The van der Waals surface area contributed by atoms with Crippen molar-refractivity contribution >= 4 is 15.5 Å². The fourth-order valence-electron chi connectivity index (χ4n) is 3.61. The number of benzene rings is 1. The normalized spacial score (nSPS) is 25.5. The number of hydrogen-bond acceptors (Lipinski definition) is 4. The molecule has 0 N–H and O–H groups in total. The van der Waals surface area contributed by atoms with Gasteiger partial charge in [0, 0.05) is 38.4 Å². The number of anilines is 1. The van der Waals surface area contributed by atoms with E-state index in [1.54, 1.807) is 0 Å². The van der Waals surface area contributed by atoms with Gasteiger partial charge in [0.2, 0.25) is 0 Å². The summed E-state index contributed by atoms with van der Waals surface area (Å²) >= 11 is 0.